The van der Waals surface area contributed by atoms with Gasteiger partial charge in [-0.05, 0) is 24.3 Å². The van der Waals surface area contributed by atoms with Crippen molar-refractivity contribution in [3.8, 4) is 0 Å². The van der Waals surface area contributed by atoms with Crippen LogP contribution in [0.15, 0.2) is 0 Å². The number of unbranched alkanes of at least 4 members (excludes halogenated alkanes) is 1. The van der Waals surface area contributed by atoms with E-state index in [1.165, 1.54) is 25.7 Å². The summed E-state index contributed by atoms with van der Waals surface area (Å²) in [6.07, 6.45) is 5.17. The molecule has 0 amide bonds. The maximum atomic E-state index is 5.96. The van der Waals surface area contributed by atoms with Crippen LogP contribution in [0.4, 0.5) is 0 Å². The summed E-state index contributed by atoms with van der Waals surface area (Å²) in [4.78, 5) is 0. The number of hydrogen-bond donors (Lipinski definition) is 1. The van der Waals surface area contributed by atoms with Crippen LogP contribution < -0.4 is 5.32 Å². The van der Waals surface area contributed by atoms with Crippen molar-refractivity contribution >= 4 is 0 Å². The Labute approximate surface area is 115 Å². The van der Waals surface area contributed by atoms with Crippen LogP contribution in [0.3, 0.4) is 0 Å². The highest BCUT2D eigenvalue weighted by atomic mass is 16.5. The first kappa shape index (κ1) is 17.9. The first-order chi connectivity index (χ1) is 8.45. The normalized spacial score (nSPS) is 15.7. The second kappa shape index (κ2) is 9.80. The second-order valence-corrected chi connectivity index (χ2v) is 6.43. The molecule has 0 fully saturated rings. The Balaban J connectivity index is 3.96. The van der Waals surface area contributed by atoms with Gasteiger partial charge in [-0.1, -0.05) is 60.8 Å². The zero-order valence-electron chi connectivity index (χ0n) is 13.5. The fourth-order valence-corrected chi connectivity index (χ4v) is 2.11. The average molecular weight is 257 g/mol. The van der Waals surface area contributed by atoms with Crippen LogP contribution in [0.5, 0.6) is 0 Å². The fraction of sp³-hybridized carbons (Fsp3) is 1.00. The third kappa shape index (κ3) is 8.10. The van der Waals surface area contributed by atoms with E-state index in [1.807, 2.05) is 0 Å². The van der Waals surface area contributed by atoms with Crippen molar-refractivity contribution in [2.24, 2.45) is 11.3 Å². The molecule has 18 heavy (non-hydrogen) atoms. The number of nitrogens with one attached hydrogen (secondary N) is 1. The summed E-state index contributed by atoms with van der Waals surface area (Å²) < 4.78 is 5.96. The monoisotopic (exact) mass is 257 g/mol. The number of likely N-dealkylation sites (N-methyl/N-ethyl adjacent to an activating group) is 1. The summed E-state index contributed by atoms with van der Waals surface area (Å²) in [5, 5.41) is 3.53. The minimum Gasteiger partial charge on any atom is -0.380 e. The Morgan fingerprint density at radius 1 is 1.06 bits per heavy atom. The molecule has 110 valence electrons. The minimum absolute atomic E-state index is 0.265. The average Bonchev–Trinajstić information content (AvgIpc) is 2.30. The van der Waals surface area contributed by atoms with Crippen molar-refractivity contribution in [3.05, 3.63) is 0 Å². The summed E-state index contributed by atoms with van der Waals surface area (Å²) >= 11 is 0. The van der Waals surface area contributed by atoms with Crippen LogP contribution in [-0.4, -0.2) is 25.8 Å². The maximum absolute atomic E-state index is 5.96. The number of hydrogen-bond acceptors (Lipinski definition) is 2. The van der Waals surface area contributed by atoms with E-state index in [0.29, 0.717) is 6.04 Å². The van der Waals surface area contributed by atoms with E-state index in [2.05, 4.69) is 46.9 Å². The summed E-state index contributed by atoms with van der Waals surface area (Å²) in [5.74, 6) is 0.743. The lowest BCUT2D eigenvalue weighted by Gasteiger charge is -2.31. The smallest absolute Gasteiger partial charge is 0.0624 e. The Hall–Kier alpha value is -0.0800. The molecule has 0 bridgehead atoms. The van der Waals surface area contributed by atoms with Gasteiger partial charge in [0.2, 0.25) is 0 Å². The Kier molecular flexibility index (Phi) is 9.76. The Morgan fingerprint density at radius 2 is 1.72 bits per heavy atom. The van der Waals surface area contributed by atoms with Gasteiger partial charge in [0.25, 0.3) is 0 Å². The largest absolute Gasteiger partial charge is 0.380 e. The molecule has 0 aliphatic carbocycles. The van der Waals surface area contributed by atoms with Gasteiger partial charge in [0.15, 0.2) is 0 Å². The summed E-state index contributed by atoms with van der Waals surface area (Å²) in [6.45, 7) is 16.3. The molecular weight excluding hydrogens is 222 g/mol. The highest BCUT2D eigenvalue weighted by molar-refractivity contribution is 4.79. The Bertz CT molecular complexity index is 186. The molecule has 0 heterocycles. The molecule has 2 heteroatoms. The summed E-state index contributed by atoms with van der Waals surface area (Å²) in [7, 11) is 0. The topological polar surface area (TPSA) is 21.3 Å². The fourth-order valence-electron chi connectivity index (χ4n) is 2.11. The third-order valence-corrected chi connectivity index (χ3v) is 3.68. The molecule has 0 aliphatic heterocycles. The van der Waals surface area contributed by atoms with Crippen molar-refractivity contribution < 1.29 is 4.74 Å². The van der Waals surface area contributed by atoms with Crippen LogP contribution in [0.25, 0.3) is 0 Å². The Morgan fingerprint density at radius 3 is 2.17 bits per heavy atom. The van der Waals surface area contributed by atoms with Gasteiger partial charge in [0.05, 0.1) is 6.61 Å². The first-order valence-electron chi connectivity index (χ1n) is 7.76. The molecule has 0 aliphatic rings. The maximum Gasteiger partial charge on any atom is 0.0624 e. The molecule has 0 aromatic carbocycles. The van der Waals surface area contributed by atoms with Gasteiger partial charge in [0.1, 0.15) is 0 Å². The van der Waals surface area contributed by atoms with Gasteiger partial charge in [-0.2, -0.15) is 0 Å². The zero-order chi connectivity index (χ0) is 14.0. The van der Waals surface area contributed by atoms with Gasteiger partial charge in [0, 0.05) is 12.6 Å². The predicted molar refractivity (Wildman–Crippen MR) is 81.0 cm³/mol. The van der Waals surface area contributed by atoms with E-state index in [-0.39, 0.29) is 5.41 Å². The number of rotatable bonds is 10. The SMILES string of the molecule is CCCCC(CC)COCC(NCC)C(C)(C)C. The molecule has 0 saturated heterocycles. The van der Waals surface area contributed by atoms with Gasteiger partial charge in [-0.15, -0.1) is 0 Å². The van der Waals surface area contributed by atoms with Crippen molar-refractivity contribution in [2.75, 3.05) is 19.8 Å². The van der Waals surface area contributed by atoms with E-state index in [4.69, 9.17) is 4.74 Å². The first-order valence-corrected chi connectivity index (χ1v) is 7.76. The molecule has 0 rings (SSSR count). The molecule has 0 spiro atoms. The van der Waals surface area contributed by atoms with E-state index in [1.54, 1.807) is 0 Å². The van der Waals surface area contributed by atoms with E-state index in [9.17, 15) is 0 Å². The molecule has 2 unspecified atom stereocenters. The molecule has 0 aromatic heterocycles. The zero-order valence-corrected chi connectivity index (χ0v) is 13.5. The lowest BCUT2D eigenvalue weighted by Crippen LogP contribution is -2.44. The highest BCUT2D eigenvalue weighted by Crippen LogP contribution is 2.20. The van der Waals surface area contributed by atoms with E-state index in [0.717, 1.165) is 25.7 Å². The van der Waals surface area contributed by atoms with Crippen molar-refractivity contribution in [3.63, 3.8) is 0 Å². The molecule has 2 nitrogen and oxygen atoms in total. The number of ether oxygens (including phenoxy) is 1. The van der Waals surface area contributed by atoms with E-state index >= 15 is 0 Å². The molecule has 1 N–H and O–H groups in total. The molecule has 0 aromatic rings. The summed E-state index contributed by atoms with van der Waals surface area (Å²) in [6, 6.07) is 0.450. The van der Waals surface area contributed by atoms with Crippen LogP contribution in [0, 0.1) is 11.3 Å². The third-order valence-electron chi connectivity index (χ3n) is 3.68. The molecule has 0 saturated carbocycles. The highest BCUT2D eigenvalue weighted by Gasteiger charge is 2.23. The lowest BCUT2D eigenvalue weighted by molar-refractivity contribution is 0.0508. The van der Waals surface area contributed by atoms with Gasteiger partial charge < -0.3 is 10.1 Å². The van der Waals surface area contributed by atoms with Crippen LogP contribution in [-0.2, 0) is 4.74 Å². The van der Waals surface area contributed by atoms with Crippen molar-refractivity contribution in [1.29, 1.82) is 0 Å². The molecular formula is C16H35NO. The van der Waals surface area contributed by atoms with Crippen molar-refractivity contribution in [1.82, 2.24) is 5.32 Å². The second-order valence-electron chi connectivity index (χ2n) is 6.43. The lowest BCUT2D eigenvalue weighted by atomic mass is 9.87. The minimum atomic E-state index is 0.265. The van der Waals surface area contributed by atoms with Gasteiger partial charge in [-0.3, -0.25) is 0 Å². The van der Waals surface area contributed by atoms with Gasteiger partial charge in [-0.25, -0.2) is 0 Å². The van der Waals surface area contributed by atoms with Gasteiger partial charge >= 0.3 is 0 Å². The van der Waals surface area contributed by atoms with Crippen LogP contribution in [0.2, 0.25) is 0 Å². The van der Waals surface area contributed by atoms with Crippen LogP contribution in [0.1, 0.15) is 67.2 Å². The van der Waals surface area contributed by atoms with Crippen molar-refractivity contribution in [2.45, 2.75) is 73.3 Å². The van der Waals surface area contributed by atoms with Crippen LogP contribution >= 0.6 is 0 Å². The molecule has 2 atom stereocenters. The summed E-state index contributed by atoms with van der Waals surface area (Å²) in [5.41, 5.74) is 0.265. The standard InChI is InChI=1S/C16H35NO/c1-7-10-11-14(8-2)12-18-13-15(17-9-3)16(4,5)6/h14-15,17H,7-13H2,1-6H3. The van der Waals surface area contributed by atoms with E-state index < -0.39 is 0 Å². The molecule has 0 radical (unpaired) electrons. The quantitative estimate of drug-likeness (QED) is 0.632. The predicted octanol–water partition coefficient (Wildman–Crippen LogP) is 4.24.